The molecule has 3 aromatic rings. The van der Waals surface area contributed by atoms with Crippen LogP contribution < -0.4 is 10.4 Å². The number of non-ortho nitro benzene ring substituents is 1. The molecule has 0 aliphatic carbocycles. The number of hydrogen-bond donors (Lipinski definition) is 0. The summed E-state index contributed by atoms with van der Waals surface area (Å²) >= 11 is 0. The van der Waals surface area contributed by atoms with E-state index in [1.165, 1.54) is 18.2 Å². The van der Waals surface area contributed by atoms with Gasteiger partial charge in [-0.3, -0.25) is 10.1 Å². The summed E-state index contributed by atoms with van der Waals surface area (Å²) in [5.41, 5.74) is 1.57. The molecule has 0 saturated heterocycles. The number of nitrogens with zero attached hydrogens (tertiary/aromatic N) is 1. The number of fused-ring (bicyclic) bond motifs is 1. The molecule has 1 aromatic heterocycles. The number of aryl methyl sites for hydroxylation is 1. The van der Waals surface area contributed by atoms with Gasteiger partial charge in [-0.1, -0.05) is 12.1 Å². The van der Waals surface area contributed by atoms with Gasteiger partial charge in [-0.05, 0) is 37.1 Å². The topological polar surface area (TPSA) is 82.6 Å². The van der Waals surface area contributed by atoms with Crippen molar-refractivity contribution in [1.82, 2.24) is 0 Å². The lowest BCUT2D eigenvalue weighted by Gasteiger charge is -2.15. The van der Waals surface area contributed by atoms with Crippen LogP contribution in [0.3, 0.4) is 0 Å². The van der Waals surface area contributed by atoms with Crippen molar-refractivity contribution in [2.75, 3.05) is 0 Å². The SMILES string of the molecule is Cc1cc(=O)oc2cc(O[C@H](C)c3cccc([N+](=O)[O-])c3)ccc12. The van der Waals surface area contributed by atoms with Crippen LogP contribution in [0.15, 0.2) is 57.7 Å². The number of rotatable bonds is 4. The summed E-state index contributed by atoms with van der Waals surface area (Å²) in [4.78, 5) is 21.9. The molecule has 0 spiro atoms. The van der Waals surface area contributed by atoms with Crippen molar-refractivity contribution in [1.29, 1.82) is 0 Å². The molecule has 0 aliphatic heterocycles. The van der Waals surface area contributed by atoms with E-state index in [-0.39, 0.29) is 11.8 Å². The molecule has 0 fully saturated rings. The predicted molar refractivity (Wildman–Crippen MR) is 89.4 cm³/mol. The molecule has 1 atom stereocenters. The highest BCUT2D eigenvalue weighted by Gasteiger charge is 2.13. The van der Waals surface area contributed by atoms with Gasteiger partial charge in [-0.25, -0.2) is 4.79 Å². The minimum atomic E-state index is -0.441. The van der Waals surface area contributed by atoms with Gasteiger partial charge in [0.25, 0.3) is 5.69 Å². The summed E-state index contributed by atoms with van der Waals surface area (Å²) in [5.74, 6) is 0.523. The van der Waals surface area contributed by atoms with Crippen LogP contribution >= 0.6 is 0 Å². The Morgan fingerprint density at radius 3 is 2.71 bits per heavy atom. The number of benzene rings is 2. The van der Waals surface area contributed by atoms with Gasteiger partial charge < -0.3 is 9.15 Å². The van der Waals surface area contributed by atoms with Crippen molar-refractivity contribution in [2.45, 2.75) is 20.0 Å². The fraction of sp³-hybridized carbons (Fsp3) is 0.167. The Morgan fingerprint density at radius 1 is 1.17 bits per heavy atom. The zero-order chi connectivity index (χ0) is 17.3. The minimum Gasteiger partial charge on any atom is -0.486 e. The lowest BCUT2D eigenvalue weighted by molar-refractivity contribution is -0.385. The molecule has 0 amide bonds. The van der Waals surface area contributed by atoms with Crippen LogP contribution in [-0.2, 0) is 0 Å². The zero-order valence-corrected chi connectivity index (χ0v) is 13.2. The molecule has 3 rings (SSSR count). The number of ether oxygens (including phenoxy) is 1. The number of nitro groups is 1. The summed E-state index contributed by atoms with van der Waals surface area (Å²) in [6, 6.07) is 13.0. The van der Waals surface area contributed by atoms with E-state index < -0.39 is 10.5 Å². The highest BCUT2D eigenvalue weighted by atomic mass is 16.6. The third-order valence-electron chi connectivity index (χ3n) is 3.79. The smallest absolute Gasteiger partial charge is 0.336 e. The first kappa shape index (κ1) is 15.7. The normalized spacial score (nSPS) is 12.1. The van der Waals surface area contributed by atoms with Crippen molar-refractivity contribution < 1.29 is 14.1 Å². The number of hydrogen-bond acceptors (Lipinski definition) is 5. The molecule has 0 radical (unpaired) electrons. The molecule has 6 nitrogen and oxygen atoms in total. The number of nitro benzene ring substituents is 1. The van der Waals surface area contributed by atoms with Crippen LogP contribution in [0.5, 0.6) is 5.75 Å². The molecule has 0 N–H and O–H groups in total. The van der Waals surface area contributed by atoms with Gasteiger partial charge in [0.15, 0.2) is 0 Å². The van der Waals surface area contributed by atoms with Crippen LogP contribution in [-0.4, -0.2) is 4.92 Å². The molecular formula is C18H15NO5. The Kier molecular flexibility index (Phi) is 4.04. The van der Waals surface area contributed by atoms with E-state index in [1.54, 1.807) is 31.2 Å². The molecule has 24 heavy (non-hydrogen) atoms. The molecule has 122 valence electrons. The largest absolute Gasteiger partial charge is 0.486 e. The van der Waals surface area contributed by atoms with Gasteiger partial charge in [-0.15, -0.1) is 0 Å². The van der Waals surface area contributed by atoms with Crippen LogP contribution in [0, 0.1) is 17.0 Å². The molecule has 6 heteroatoms. The van der Waals surface area contributed by atoms with Crippen molar-refractivity contribution >= 4 is 16.7 Å². The van der Waals surface area contributed by atoms with Crippen molar-refractivity contribution in [3.63, 3.8) is 0 Å². The lowest BCUT2D eigenvalue weighted by atomic mass is 10.1. The standard InChI is InChI=1S/C18H15NO5/c1-11-8-18(20)24-17-10-15(6-7-16(11)17)23-12(2)13-4-3-5-14(9-13)19(21)22/h3-10,12H,1-2H3/t12-/m1/s1. The molecule has 0 bridgehead atoms. The lowest BCUT2D eigenvalue weighted by Crippen LogP contribution is -2.04. The van der Waals surface area contributed by atoms with E-state index in [4.69, 9.17) is 9.15 Å². The second kappa shape index (κ2) is 6.16. The van der Waals surface area contributed by atoms with E-state index in [0.717, 1.165) is 10.9 Å². The quantitative estimate of drug-likeness (QED) is 0.409. The predicted octanol–water partition coefficient (Wildman–Crippen LogP) is 4.15. The summed E-state index contributed by atoms with van der Waals surface area (Å²) in [6.45, 7) is 3.64. The fourth-order valence-electron chi connectivity index (χ4n) is 2.54. The zero-order valence-electron chi connectivity index (χ0n) is 13.2. The van der Waals surface area contributed by atoms with Gasteiger partial charge >= 0.3 is 5.63 Å². The first-order valence-electron chi connectivity index (χ1n) is 7.39. The Hall–Kier alpha value is -3.15. The van der Waals surface area contributed by atoms with Crippen molar-refractivity contribution in [3.8, 4) is 5.75 Å². The average molecular weight is 325 g/mol. The van der Waals surface area contributed by atoms with E-state index in [1.807, 2.05) is 13.0 Å². The monoisotopic (exact) mass is 325 g/mol. The molecule has 2 aromatic carbocycles. The first-order valence-corrected chi connectivity index (χ1v) is 7.39. The second-order valence-corrected chi connectivity index (χ2v) is 5.52. The Balaban J connectivity index is 1.90. The van der Waals surface area contributed by atoms with Gasteiger partial charge in [0.05, 0.1) is 4.92 Å². The van der Waals surface area contributed by atoms with Crippen molar-refractivity contribution in [3.05, 3.63) is 80.2 Å². The van der Waals surface area contributed by atoms with E-state index in [9.17, 15) is 14.9 Å². The maximum Gasteiger partial charge on any atom is 0.336 e. The third-order valence-corrected chi connectivity index (χ3v) is 3.79. The third kappa shape index (κ3) is 3.12. The van der Waals surface area contributed by atoms with E-state index in [0.29, 0.717) is 16.9 Å². The van der Waals surface area contributed by atoms with Crippen LogP contribution in [0.4, 0.5) is 5.69 Å². The van der Waals surface area contributed by atoms with E-state index in [2.05, 4.69) is 0 Å². The van der Waals surface area contributed by atoms with Gasteiger partial charge in [0.2, 0.25) is 0 Å². The maximum atomic E-state index is 11.5. The second-order valence-electron chi connectivity index (χ2n) is 5.52. The van der Waals surface area contributed by atoms with Crippen LogP contribution in [0.25, 0.3) is 11.0 Å². The maximum absolute atomic E-state index is 11.5. The molecule has 0 saturated carbocycles. The molecule has 0 aliphatic rings. The minimum absolute atomic E-state index is 0.0167. The highest BCUT2D eigenvalue weighted by molar-refractivity contribution is 5.81. The summed E-state index contributed by atoms with van der Waals surface area (Å²) in [7, 11) is 0. The van der Waals surface area contributed by atoms with Gasteiger partial charge in [0.1, 0.15) is 17.4 Å². The van der Waals surface area contributed by atoms with Crippen LogP contribution in [0.1, 0.15) is 24.2 Å². The van der Waals surface area contributed by atoms with Gasteiger partial charge in [-0.2, -0.15) is 0 Å². The molecular weight excluding hydrogens is 310 g/mol. The Bertz CT molecular complexity index is 977. The Labute approximate surface area is 137 Å². The average Bonchev–Trinajstić information content (AvgIpc) is 2.54. The fourth-order valence-corrected chi connectivity index (χ4v) is 2.54. The summed E-state index contributed by atoms with van der Waals surface area (Å²) < 4.78 is 11.0. The molecule has 0 unspecified atom stereocenters. The first-order chi connectivity index (χ1) is 11.4. The summed E-state index contributed by atoms with van der Waals surface area (Å²) in [6.07, 6.45) is -0.390. The van der Waals surface area contributed by atoms with Crippen LogP contribution in [0.2, 0.25) is 0 Å². The highest BCUT2D eigenvalue weighted by Crippen LogP contribution is 2.27. The molecule has 1 heterocycles. The summed E-state index contributed by atoms with van der Waals surface area (Å²) in [5, 5.41) is 11.7. The Morgan fingerprint density at radius 2 is 1.96 bits per heavy atom. The van der Waals surface area contributed by atoms with Gasteiger partial charge in [0, 0.05) is 29.7 Å². The van der Waals surface area contributed by atoms with E-state index >= 15 is 0 Å². The van der Waals surface area contributed by atoms with Crippen molar-refractivity contribution in [2.24, 2.45) is 0 Å².